The summed E-state index contributed by atoms with van der Waals surface area (Å²) < 4.78 is 9.30. The fourth-order valence-corrected chi connectivity index (χ4v) is 2.21. The van der Waals surface area contributed by atoms with Crippen LogP contribution in [0.1, 0.15) is 12.5 Å². The van der Waals surface area contributed by atoms with E-state index in [0.29, 0.717) is 11.4 Å². The summed E-state index contributed by atoms with van der Waals surface area (Å²) in [7, 11) is 2.46. The minimum absolute atomic E-state index is 0.0411. The van der Waals surface area contributed by atoms with Gasteiger partial charge >= 0.3 is 11.9 Å². The summed E-state index contributed by atoms with van der Waals surface area (Å²) in [6, 6.07) is 16.8. The molecule has 0 unspecified atom stereocenters. The van der Waals surface area contributed by atoms with Crippen molar-refractivity contribution in [3.05, 3.63) is 71.9 Å². The molecule has 140 valence electrons. The van der Waals surface area contributed by atoms with E-state index < -0.39 is 11.9 Å². The number of hydrogen-bond donors (Lipinski definition) is 2. The van der Waals surface area contributed by atoms with Crippen LogP contribution >= 0.6 is 0 Å². The highest BCUT2D eigenvalue weighted by molar-refractivity contribution is 6.06. The maximum atomic E-state index is 12.0. The summed E-state index contributed by atoms with van der Waals surface area (Å²) in [5, 5.41) is 7.29. The molecule has 0 saturated carbocycles. The van der Waals surface area contributed by atoms with Crippen molar-refractivity contribution in [1.82, 2.24) is 0 Å². The summed E-state index contributed by atoms with van der Waals surface area (Å²) in [6.07, 6.45) is 1.04. The van der Waals surface area contributed by atoms with Crippen LogP contribution in [0.5, 0.6) is 0 Å². The number of benzene rings is 2. The zero-order chi connectivity index (χ0) is 19.6. The largest absolute Gasteiger partial charge is 0.466 e. The van der Waals surface area contributed by atoms with Crippen molar-refractivity contribution in [2.24, 2.45) is 5.10 Å². The van der Waals surface area contributed by atoms with E-state index >= 15 is 0 Å². The third-order valence-corrected chi connectivity index (χ3v) is 3.58. The number of hydrogen-bond acceptors (Lipinski definition) is 7. The van der Waals surface area contributed by atoms with Crippen LogP contribution in [-0.2, 0) is 19.1 Å². The fourth-order valence-electron chi connectivity index (χ4n) is 2.21. The van der Waals surface area contributed by atoms with Gasteiger partial charge in [0.05, 0.1) is 31.7 Å². The fraction of sp³-hybridized carbons (Fsp3) is 0.150. The van der Waals surface area contributed by atoms with E-state index in [4.69, 9.17) is 4.74 Å². The van der Waals surface area contributed by atoms with Crippen molar-refractivity contribution >= 4 is 29.0 Å². The number of methoxy groups -OCH3 is 2. The molecule has 2 aromatic rings. The third-order valence-electron chi connectivity index (χ3n) is 3.58. The van der Waals surface area contributed by atoms with Crippen LogP contribution in [0, 0.1) is 0 Å². The quantitative estimate of drug-likeness (QED) is 0.338. The van der Waals surface area contributed by atoms with Gasteiger partial charge in [-0.15, -0.1) is 0 Å². The highest BCUT2D eigenvalue weighted by atomic mass is 16.5. The predicted octanol–water partition coefficient (Wildman–Crippen LogP) is 3.16. The second-order valence-electron chi connectivity index (χ2n) is 5.42. The summed E-state index contributed by atoms with van der Waals surface area (Å²) >= 11 is 0. The second-order valence-corrected chi connectivity index (χ2v) is 5.42. The van der Waals surface area contributed by atoms with Gasteiger partial charge in [0.15, 0.2) is 0 Å². The van der Waals surface area contributed by atoms with Gasteiger partial charge in [0.25, 0.3) is 0 Å². The van der Waals surface area contributed by atoms with E-state index in [2.05, 4.69) is 20.6 Å². The lowest BCUT2D eigenvalue weighted by Crippen LogP contribution is -2.17. The van der Waals surface area contributed by atoms with Gasteiger partial charge in [-0.05, 0) is 25.1 Å². The monoisotopic (exact) mass is 367 g/mol. The molecule has 2 rings (SSSR count). The summed E-state index contributed by atoms with van der Waals surface area (Å²) in [5.74, 6) is -1.36. The lowest BCUT2D eigenvalue weighted by atomic mass is 10.1. The molecule has 0 atom stereocenters. The molecule has 27 heavy (non-hydrogen) atoms. The predicted molar refractivity (Wildman–Crippen MR) is 104 cm³/mol. The van der Waals surface area contributed by atoms with Crippen LogP contribution in [0.2, 0.25) is 0 Å². The minimum Gasteiger partial charge on any atom is -0.466 e. The minimum atomic E-state index is -0.688. The smallest absolute Gasteiger partial charge is 0.354 e. The summed E-state index contributed by atoms with van der Waals surface area (Å²) in [5.41, 5.74) is 5.81. The molecule has 0 aliphatic heterocycles. The first-order chi connectivity index (χ1) is 13.0. The molecule has 0 spiro atoms. The van der Waals surface area contributed by atoms with Gasteiger partial charge in [-0.3, -0.25) is 5.43 Å². The van der Waals surface area contributed by atoms with Crippen molar-refractivity contribution < 1.29 is 19.1 Å². The van der Waals surface area contributed by atoms with Crippen molar-refractivity contribution in [3.8, 4) is 0 Å². The van der Waals surface area contributed by atoms with Gasteiger partial charge in [-0.2, -0.15) is 5.10 Å². The maximum Gasteiger partial charge on any atom is 0.354 e. The number of carbonyl (C=O) groups excluding carboxylic acids is 2. The first-order valence-corrected chi connectivity index (χ1v) is 8.15. The maximum absolute atomic E-state index is 12.0. The molecule has 7 heteroatoms. The SMILES string of the molecule is COC(=O)/C=C(/Nc1ccccc1C(C)=NNc1ccccc1)C(=O)OC. The third kappa shape index (κ3) is 5.71. The van der Waals surface area contributed by atoms with Gasteiger partial charge in [-0.1, -0.05) is 36.4 Å². The number of para-hydroxylation sites is 2. The molecule has 0 aliphatic rings. The number of rotatable bonds is 7. The number of esters is 2. The molecule has 7 nitrogen and oxygen atoms in total. The van der Waals surface area contributed by atoms with E-state index in [-0.39, 0.29) is 5.70 Å². The van der Waals surface area contributed by atoms with Crippen LogP contribution in [0.4, 0.5) is 11.4 Å². The summed E-state index contributed by atoms with van der Waals surface area (Å²) in [6.45, 7) is 1.83. The van der Waals surface area contributed by atoms with Crippen LogP contribution in [-0.4, -0.2) is 31.9 Å². The zero-order valence-corrected chi connectivity index (χ0v) is 15.4. The number of nitrogens with one attached hydrogen (secondary N) is 2. The molecule has 0 fully saturated rings. The average molecular weight is 367 g/mol. The molecule has 2 N–H and O–H groups in total. The van der Waals surface area contributed by atoms with Gasteiger partial charge < -0.3 is 14.8 Å². The van der Waals surface area contributed by atoms with E-state index in [9.17, 15) is 9.59 Å². The Morgan fingerprint density at radius 1 is 0.963 bits per heavy atom. The number of hydrazone groups is 1. The molecule has 0 aromatic heterocycles. The number of ether oxygens (including phenoxy) is 2. The Morgan fingerprint density at radius 2 is 1.63 bits per heavy atom. The highest BCUT2D eigenvalue weighted by Crippen LogP contribution is 2.19. The zero-order valence-electron chi connectivity index (χ0n) is 15.4. The molecule has 0 amide bonds. The molecule has 0 bridgehead atoms. The summed E-state index contributed by atoms with van der Waals surface area (Å²) in [4.78, 5) is 23.5. The topological polar surface area (TPSA) is 89.0 Å². The molecule has 0 saturated heterocycles. The van der Waals surface area contributed by atoms with Crippen LogP contribution < -0.4 is 10.7 Å². The molecular weight excluding hydrogens is 346 g/mol. The van der Waals surface area contributed by atoms with E-state index in [1.165, 1.54) is 14.2 Å². The molecule has 0 heterocycles. The standard InChI is InChI=1S/C20H21N3O4/c1-14(22-23-15-9-5-4-6-10-15)16-11-7-8-12-17(16)21-18(20(25)27-3)13-19(24)26-2/h4-13,21,23H,1-3H3/b18-13+,22-14?. The van der Waals surface area contributed by atoms with E-state index in [1.54, 1.807) is 12.1 Å². The number of nitrogens with zero attached hydrogens (tertiary/aromatic N) is 1. The van der Waals surface area contributed by atoms with Crippen LogP contribution in [0.25, 0.3) is 0 Å². The second kappa shape index (κ2) is 9.76. The lowest BCUT2D eigenvalue weighted by molar-refractivity contribution is -0.138. The van der Waals surface area contributed by atoms with Crippen molar-refractivity contribution in [1.29, 1.82) is 0 Å². The lowest BCUT2D eigenvalue weighted by Gasteiger charge is -2.13. The normalized spacial score (nSPS) is 11.5. The molecule has 0 aliphatic carbocycles. The van der Waals surface area contributed by atoms with Crippen LogP contribution in [0.3, 0.4) is 0 Å². The Hall–Kier alpha value is -3.61. The first kappa shape index (κ1) is 19.7. The Kier molecular flexibility index (Phi) is 7.13. The van der Waals surface area contributed by atoms with Crippen molar-refractivity contribution in [2.75, 3.05) is 25.0 Å². The Labute approximate surface area is 157 Å². The van der Waals surface area contributed by atoms with Crippen molar-refractivity contribution in [2.45, 2.75) is 6.92 Å². The Balaban J connectivity index is 2.29. The highest BCUT2D eigenvalue weighted by Gasteiger charge is 2.15. The van der Waals surface area contributed by atoms with Crippen molar-refractivity contribution in [3.63, 3.8) is 0 Å². The van der Waals surface area contributed by atoms with Crippen LogP contribution in [0.15, 0.2) is 71.5 Å². The van der Waals surface area contributed by atoms with Gasteiger partial charge in [0.1, 0.15) is 5.70 Å². The average Bonchev–Trinajstić information content (AvgIpc) is 2.71. The number of carbonyl (C=O) groups is 2. The first-order valence-electron chi connectivity index (χ1n) is 8.15. The van der Waals surface area contributed by atoms with Gasteiger partial charge in [-0.25, -0.2) is 9.59 Å². The number of anilines is 2. The van der Waals surface area contributed by atoms with Gasteiger partial charge in [0.2, 0.25) is 0 Å². The molecule has 2 aromatic carbocycles. The van der Waals surface area contributed by atoms with Gasteiger partial charge in [0, 0.05) is 11.3 Å². The Bertz CT molecular complexity index is 861. The van der Waals surface area contributed by atoms with E-state index in [0.717, 1.165) is 17.3 Å². The molecular formula is C20H21N3O4. The molecule has 0 radical (unpaired) electrons. The van der Waals surface area contributed by atoms with E-state index in [1.807, 2.05) is 49.4 Å². The Morgan fingerprint density at radius 3 is 2.30 bits per heavy atom.